The summed E-state index contributed by atoms with van der Waals surface area (Å²) < 4.78 is 4.53. The molecule has 0 aromatic heterocycles. The summed E-state index contributed by atoms with van der Waals surface area (Å²) in [5, 5.41) is 2.90. The van der Waals surface area contributed by atoms with E-state index in [1.807, 2.05) is 32.7 Å². The molecule has 0 radical (unpaired) electrons. The highest BCUT2D eigenvalue weighted by molar-refractivity contribution is 5.88. The van der Waals surface area contributed by atoms with Crippen molar-refractivity contribution in [3.05, 3.63) is 0 Å². The second-order valence-corrected chi connectivity index (χ2v) is 12.1. The number of ether oxygens (including phenoxy) is 1. The molecule has 9 nitrogen and oxygen atoms in total. The third-order valence-corrected chi connectivity index (χ3v) is 8.12. The number of methoxy groups -OCH3 is 1. The SMILES string of the molecule is CC(C)C.CCC(CC)(CC)C(=O)NCC(=O)N(C)[C@H](CN1CCCC1)C(C)C.COC(=O)C1CCCN1C=O. The number of esters is 1. The number of carbonyl (C=O) groups excluding carboxylic acids is 4. The number of hydrogen-bond donors (Lipinski definition) is 1. The third kappa shape index (κ3) is 12.6. The quantitative estimate of drug-likeness (QED) is 0.278. The number of likely N-dealkylation sites (N-methyl/N-ethyl adjacent to an activating group) is 1. The van der Waals surface area contributed by atoms with Crippen LogP contribution in [0.5, 0.6) is 0 Å². The van der Waals surface area contributed by atoms with Crippen LogP contribution < -0.4 is 5.32 Å². The Balaban J connectivity index is 0.000000830. The minimum atomic E-state index is -0.341. The van der Waals surface area contributed by atoms with E-state index in [4.69, 9.17) is 0 Å². The molecule has 0 aromatic rings. The topological polar surface area (TPSA) is 99.3 Å². The number of amides is 3. The first-order chi connectivity index (χ1) is 18.8. The van der Waals surface area contributed by atoms with Crippen molar-refractivity contribution in [3.63, 3.8) is 0 Å². The van der Waals surface area contributed by atoms with E-state index in [1.54, 1.807) is 0 Å². The van der Waals surface area contributed by atoms with E-state index < -0.39 is 0 Å². The van der Waals surface area contributed by atoms with Crippen molar-refractivity contribution in [1.29, 1.82) is 0 Å². The summed E-state index contributed by atoms with van der Waals surface area (Å²) in [4.78, 5) is 52.3. The highest BCUT2D eigenvalue weighted by atomic mass is 16.5. The lowest BCUT2D eigenvalue weighted by atomic mass is 9.79. The van der Waals surface area contributed by atoms with E-state index in [1.165, 1.54) is 24.9 Å². The molecule has 40 heavy (non-hydrogen) atoms. The number of hydrogen-bond acceptors (Lipinski definition) is 6. The first-order valence-corrected chi connectivity index (χ1v) is 15.4. The van der Waals surface area contributed by atoms with Gasteiger partial charge in [-0.1, -0.05) is 55.4 Å². The van der Waals surface area contributed by atoms with Gasteiger partial charge in [0.25, 0.3) is 0 Å². The highest BCUT2D eigenvalue weighted by Crippen LogP contribution is 2.30. The number of rotatable bonds is 12. The Morgan fingerprint density at radius 1 is 0.975 bits per heavy atom. The molecule has 0 aliphatic carbocycles. The van der Waals surface area contributed by atoms with Gasteiger partial charge >= 0.3 is 5.97 Å². The van der Waals surface area contributed by atoms with E-state index in [2.05, 4.69) is 49.6 Å². The Bertz CT molecular complexity index is 737. The lowest BCUT2D eigenvalue weighted by Crippen LogP contribution is -2.51. The van der Waals surface area contributed by atoms with Crippen molar-refractivity contribution in [2.75, 3.05) is 46.9 Å². The summed E-state index contributed by atoms with van der Waals surface area (Å²) in [5.41, 5.74) is -0.341. The maximum absolute atomic E-state index is 12.7. The second-order valence-electron chi connectivity index (χ2n) is 12.1. The van der Waals surface area contributed by atoms with Gasteiger partial charge in [-0.25, -0.2) is 4.79 Å². The fraction of sp³-hybridized carbons (Fsp3) is 0.871. The van der Waals surface area contributed by atoms with E-state index in [-0.39, 0.29) is 41.8 Å². The average molecular weight is 569 g/mol. The van der Waals surface area contributed by atoms with Gasteiger partial charge in [0.2, 0.25) is 18.2 Å². The summed E-state index contributed by atoms with van der Waals surface area (Å²) in [6.07, 6.45) is 7.24. The minimum absolute atomic E-state index is 0.00320. The molecule has 2 aliphatic heterocycles. The predicted molar refractivity (Wildman–Crippen MR) is 162 cm³/mol. The molecule has 2 fully saturated rings. The molecule has 0 saturated carbocycles. The molecule has 0 aromatic carbocycles. The molecule has 2 aliphatic rings. The molecule has 2 heterocycles. The normalized spacial score (nSPS) is 17.9. The molecule has 2 rings (SSSR count). The largest absolute Gasteiger partial charge is 0.467 e. The molecule has 1 N–H and O–H groups in total. The third-order valence-electron chi connectivity index (χ3n) is 8.12. The van der Waals surface area contributed by atoms with Crippen molar-refractivity contribution in [1.82, 2.24) is 20.0 Å². The minimum Gasteiger partial charge on any atom is -0.467 e. The zero-order valence-corrected chi connectivity index (χ0v) is 27.3. The van der Waals surface area contributed by atoms with Crippen LogP contribution in [-0.4, -0.2) is 97.9 Å². The van der Waals surface area contributed by atoms with E-state index in [0.29, 0.717) is 18.9 Å². The zero-order valence-electron chi connectivity index (χ0n) is 27.3. The standard InChI is InChI=1S/C20H39N3O2.C7H11NO3.C4H10/c1-7-20(8-2,9-3)19(25)21-14-18(24)22(6)17(16(4)5)15-23-12-10-11-13-23;1-11-7(10)6-3-2-4-8(6)5-9;1-4(2)3/h16-17H,7-15H2,1-6H3,(H,21,25);5-6H,2-4H2,1H3;4H,1-3H3/t17-;;/m1../s1. The van der Waals surface area contributed by atoms with Gasteiger partial charge in [0.05, 0.1) is 13.7 Å². The fourth-order valence-corrected chi connectivity index (χ4v) is 5.20. The number of nitrogens with zero attached hydrogens (tertiary/aromatic N) is 3. The van der Waals surface area contributed by atoms with Gasteiger partial charge in [0, 0.05) is 31.6 Å². The highest BCUT2D eigenvalue weighted by Gasteiger charge is 2.34. The number of likely N-dealkylation sites (tertiary alicyclic amines) is 2. The van der Waals surface area contributed by atoms with Gasteiger partial charge in [-0.15, -0.1) is 0 Å². The van der Waals surface area contributed by atoms with Crippen LogP contribution in [0.4, 0.5) is 0 Å². The van der Waals surface area contributed by atoms with Crippen molar-refractivity contribution < 1.29 is 23.9 Å². The molecule has 0 spiro atoms. The van der Waals surface area contributed by atoms with Gasteiger partial charge < -0.3 is 24.8 Å². The lowest BCUT2D eigenvalue weighted by molar-refractivity contribution is -0.148. The number of nitrogens with one attached hydrogen (secondary N) is 1. The van der Waals surface area contributed by atoms with Gasteiger partial charge in [-0.2, -0.15) is 0 Å². The molecule has 234 valence electrons. The summed E-state index contributed by atoms with van der Waals surface area (Å²) in [7, 11) is 3.21. The molecular formula is C31H60N4O5. The van der Waals surface area contributed by atoms with Crippen LogP contribution in [-0.2, 0) is 23.9 Å². The molecule has 0 bridgehead atoms. The predicted octanol–water partition coefficient (Wildman–Crippen LogP) is 4.34. The summed E-state index contributed by atoms with van der Waals surface area (Å²) in [6, 6.07) is -0.145. The first-order valence-electron chi connectivity index (χ1n) is 15.4. The van der Waals surface area contributed by atoms with Gasteiger partial charge in [-0.05, 0) is 69.9 Å². The summed E-state index contributed by atoms with van der Waals surface area (Å²) in [5.74, 6) is 0.937. The van der Waals surface area contributed by atoms with Crippen LogP contribution in [0.25, 0.3) is 0 Å². The molecule has 1 unspecified atom stereocenters. The van der Waals surface area contributed by atoms with E-state index in [9.17, 15) is 19.2 Å². The van der Waals surface area contributed by atoms with Crippen molar-refractivity contribution in [2.45, 2.75) is 112 Å². The van der Waals surface area contributed by atoms with Crippen molar-refractivity contribution in [3.8, 4) is 0 Å². The molecule has 3 amide bonds. The van der Waals surface area contributed by atoms with Crippen LogP contribution in [0.1, 0.15) is 100 Å². The Kier molecular flexibility index (Phi) is 18.8. The Morgan fingerprint density at radius 2 is 1.50 bits per heavy atom. The van der Waals surface area contributed by atoms with Gasteiger partial charge in [0.15, 0.2) is 0 Å². The first kappa shape index (κ1) is 37.8. The van der Waals surface area contributed by atoms with E-state index in [0.717, 1.165) is 57.7 Å². The Labute approximate surface area is 244 Å². The Hall–Kier alpha value is -2.16. The maximum atomic E-state index is 12.7. The smallest absolute Gasteiger partial charge is 0.328 e. The van der Waals surface area contributed by atoms with Gasteiger partial charge in [0.1, 0.15) is 6.04 Å². The van der Waals surface area contributed by atoms with Crippen LogP contribution in [0.3, 0.4) is 0 Å². The fourth-order valence-electron chi connectivity index (χ4n) is 5.20. The second kappa shape index (κ2) is 19.8. The zero-order chi connectivity index (χ0) is 30.9. The summed E-state index contributed by atoms with van der Waals surface area (Å²) in [6.45, 7) is 20.9. The van der Waals surface area contributed by atoms with Crippen molar-refractivity contribution >= 4 is 24.2 Å². The number of carbonyl (C=O) groups is 4. The molecule has 2 atom stereocenters. The molecule has 9 heteroatoms. The molecule has 2 saturated heterocycles. The van der Waals surface area contributed by atoms with Gasteiger partial charge in [-0.3, -0.25) is 14.4 Å². The van der Waals surface area contributed by atoms with Crippen LogP contribution in [0.15, 0.2) is 0 Å². The lowest BCUT2D eigenvalue weighted by Gasteiger charge is -2.35. The van der Waals surface area contributed by atoms with Crippen LogP contribution in [0.2, 0.25) is 0 Å². The van der Waals surface area contributed by atoms with Crippen LogP contribution >= 0.6 is 0 Å². The summed E-state index contributed by atoms with van der Waals surface area (Å²) >= 11 is 0. The van der Waals surface area contributed by atoms with Crippen LogP contribution in [0, 0.1) is 17.3 Å². The monoisotopic (exact) mass is 568 g/mol. The van der Waals surface area contributed by atoms with E-state index >= 15 is 0 Å². The van der Waals surface area contributed by atoms with Crippen molar-refractivity contribution in [2.24, 2.45) is 17.3 Å². The molecular weight excluding hydrogens is 508 g/mol. The maximum Gasteiger partial charge on any atom is 0.328 e. The average Bonchev–Trinajstić information content (AvgIpc) is 3.63. The Morgan fingerprint density at radius 3 is 1.93 bits per heavy atom.